The number of unbranched alkanes of at least 4 members (excludes halogenated alkanes) is 1. The van der Waals surface area contributed by atoms with Crippen LogP contribution in [0.5, 0.6) is 0 Å². The predicted molar refractivity (Wildman–Crippen MR) is 55.5 cm³/mol. The molecule has 1 N–H and O–H groups in total. The van der Waals surface area contributed by atoms with Crippen LogP contribution in [0.15, 0.2) is 12.7 Å². The maximum atomic E-state index is 3.68. The zero-order chi connectivity index (χ0) is 9.23. The fourth-order valence-electron chi connectivity index (χ4n) is 0.924. The number of hydrogen-bond donors (Lipinski definition) is 1. The first-order valence-corrected chi connectivity index (χ1v) is 4.81. The Morgan fingerprint density at radius 3 is 2.75 bits per heavy atom. The van der Waals surface area contributed by atoms with Crippen LogP contribution in [-0.4, -0.2) is 38.1 Å². The first kappa shape index (κ1) is 11.7. The van der Waals surface area contributed by atoms with Crippen LogP contribution in [0, 0.1) is 0 Å². The Balaban J connectivity index is 2.95. The average Bonchev–Trinajstić information content (AvgIpc) is 2.10. The Bertz CT molecular complexity index is 102. The summed E-state index contributed by atoms with van der Waals surface area (Å²) >= 11 is 0. The fourth-order valence-corrected chi connectivity index (χ4v) is 0.924. The SMILES string of the molecule is C=CCCCNCCN(C)CC. The van der Waals surface area contributed by atoms with Crippen LogP contribution in [0.1, 0.15) is 19.8 Å². The van der Waals surface area contributed by atoms with Gasteiger partial charge in [-0.25, -0.2) is 0 Å². The quantitative estimate of drug-likeness (QED) is 0.438. The van der Waals surface area contributed by atoms with Gasteiger partial charge in [0.05, 0.1) is 0 Å². The van der Waals surface area contributed by atoms with Gasteiger partial charge in [0.1, 0.15) is 0 Å². The van der Waals surface area contributed by atoms with E-state index in [2.05, 4.69) is 30.8 Å². The summed E-state index contributed by atoms with van der Waals surface area (Å²) in [4.78, 5) is 2.31. The number of allylic oxidation sites excluding steroid dienone is 1. The van der Waals surface area contributed by atoms with Crippen molar-refractivity contribution in [1.29, 1.82) is 0 Å². The van der Waals surface area contributed by atoms with Crippen LogP contribution in [0.4, 0.5) is 0 Å². The van der Waals surface area contributed by atoms with E-state index >= 15 is 0 Å². The molecule has 0 rings (SSSR count). The molecule has 0 saturated carbocycles. The molecule has 0 amide bonds. The van der Waals surface area contributed by atoms with E-state index in [1.807, 2.05) is 6.08 Å². The first-order valence-electron chi connectivity index (χ1n) is 4.81. The molecule has 0 saturated heterocycles. The predicted octanol–water partition coefficient (Wildman–Crippen LogP) is 1.49. The van der Waals surface area contributed by atoms with E-state index in [0.717, 1.165) is 32.6 Å². The van der Waals surface area contributed by atoms with Crippen molar-refractivity contribution in [1.82, 2.24) is 10.2 Å². The van der Waals surface area contributed by atoms with E-state index in [1.54, 1.807) is 0 Å². The van der Waals surface area contributed by atoms with Crippen molar-refractivity contribution < 1.29 is 0 Å². The standard InChI is InChI=1S/C10H22N2/c1-4-6-7-8-11-9-10-12(3)5-2/h4,11H,1,5-10H2,2-3H3. The van der Waals surface area contributed by atoms with Gasteiger partial charge in [0.25, 0.3) is 0 Å². The maximum absolute atomic E-state index is 3.68. The molecule has 0 spiro atoms. The Hall–Kier alpha value is -0.340. The number of likely N-dealkylation sites (N-methyl/N-ethyl adjacent to an activating group) is 1. The van der Waals surface area contributed by atoms with Crippen molar-refractivity contribution in [2.75, 3.05) is 33.2 Å². The summed E-state index contributed by atoms with van der Waals surface area (Å²) in [7, 11) is 2.14. The van der Waals surface area contributed by atoms with Crippen molar-refractivity contribution in [2.45, 2.75) is 19.8 Å². The second-order valence-corrected chi connectivity index (χ2v) is 3.08. The van der Waals surface area contributed by atoms with Crippen molar-refractivity contribution in [3.63, 3.8) is 0 Å². The van der Waals surface area contributed by atoms with Gasteiger partial charge in [0, 0.05) is 13.1 Å². The van der Waals surface area contributed by atoms with E-state index < -0.39 is 0 Å². The molecule has 0 bridgehead atoms. The molecule has 2 heteroatoms. The summed E-state index contributed by atoms with van der Waals surface area (Å²) in [6.45, 7) is 10.4. The van der Waals surface area contributed by atoms with Crippen molar-refractivity contribution in [2.24, 2.45) is 0 Å². The van der Waals surface area contributed by atoms with Gasteiger partial charge >= 0.3 is 0 Å². The summed E-state index contributed by atoms with van der Waals surface area (Å²) in [6, 6.07) is 0. The van der Waals surface area contributed by atoms with Gasteiger partial charge in [0.2, 0.25) is 0 Å². The van der Waals surface area contributed by atoms with Gasteiger partial charge < -0.3 is 10.2 Å². The van der Waals surface area contributed by atoms with Crippen molar-refractivity contribution >= 4 is 0 Å². The van der Waals surface area contributed by atoms with Crippen LogP contribution in [0.3, 0.4) is 0 Å². The van der Waals surface area contributed by atoms with E-state index in [9.17, 15) is 0 Å². The van der Waals surface area contributed by atoms with Crippen LogP contribution < -0.4 is 5.32 Å². The first-order chi connectivity index (χ1) is 5.81. The lowest BCUT2D eigenvalue weighted by Crippen LogP contribution is -2.29. The molecule has 0 aliphatic carbocycles. The lowest BCUT2D eigenvalue weighted by atomic mass is 10.3. The van der Waals surface area contributed by atoms with Crippen LogP contribution >= 0.6 is 0 Å². The van der Waals surface area contributed by atoms with Gasteiger partial charge in [-0.15, -0.1) is 6.58 Å². The van der Waals surface area contributed by atoms with Gasteiger partial charge in [0.15, 0.2) is 0 Å². The largest absolute Gasteiger partial charge is 0.315 e. The van der Waals surface area contributed by atoms with Crippen molar-refractivity contribution in [3.8, 4) is 0 Å². The molecule has 0 fully saturated rings. The number of rotatable bonds is 8. The number of hydrogen-bond acceptors (Lipinski definition) is 2. The molecule has 0 aliphatic heterocycles. The lowest BCUT2D eigenvalue weighted by Gasteiger charge is -2.13. The Kier molecular flexibility index (Phi) is 8.51. The molecule has 12 heavy (non-hydrogen) atoms. The monoisotopic (exact) mass is 170 g/mol. The minimum atomic E-state index is 1.10. The molecule has 72 valence electrons. The molecule has 0 aromatic rings. The zero-order valence-corrected chi connectivity index (χ0v) is 8.47. The molecule has 0 aromatic carbocycles. The molecule has 2 nitrogen and oxygen atoms in total. The molecule has 0 aromatic heterocycles. The second-order valence-electron chi connectivity index (χ2n) is 3.08. The van der Waals surface area contributed by atoms with Gasteiger partial charge in [-0.05, 0) is 33.0 Å². The summed E-state index contributed by atoms with van der Waals surface area (Å²) < 4.78 is 0. The molecule has 0 heterocycles. The highest BCUT2D eigenvalue weighted by atomic mass is 15.1. The summed E-state index contributed by atoms with van der Waals surface area (Å²) in [5.74, 6) is 0. The van der Waals surface area contributed by atoms with E-state index in [0.29, 0.717) is 0 Å². The van der Waals surface area contributed by atoms with Gasteiger partial charge in [-0.1, -0.05) is 13.0 Å². The Morgan fingerprint density at radius 2 is 2.17 bits per heavy atom. The van der Waals surface area contributed by atoms with Crippen LogP contribution in [-0.2, 0) is 0 Å². The summed E-state index contributed by atoms with van der Waals surface area (Å²) in [6.07, 6.45) is 4.30. The highest BCUT2D eigenvalue weighted by Gasteiger charge is 1.92. The third kappa shape index (κ3) is 7.76. The topological polar surface area (TPSA) is 15.3 Å². The van der Waals surface area contributed by atoms with Gasteiger partial charge in [-0.3, -0.25) is 0 Å². The zero-order valence-electron chi connectivity index (χ0n) is 8.47. The van der Waals surface area contributed by atoms with Crippen LogP contribution in [0.2, 0.25) is 0 Å². The van der Waals surface area contributed by atoms with Crippen LogP contribution in [0.25, 0.3) is 0 Å². The third-order valence-corrected chi connectivity index (χ3v) is 1.97. The fraction of sp³-hybridized carbons (Fsp3) is 0.800. The van der Waals surface area contributed by atoms with E-state index in [-0.39, 0.29) is 0 Å². The lowest BCUT2D eigenvalue weighted by molar-refractivity contribution is 0.349. The molecule has 0 aliphatic rings. The highest BCUT2D eigenvalue weighted by molar-refractivity contribution is 4.66. The van der Waals surface area contributed by atoms with Gasteiger partial charge in [-0.2, -0.15) is 0 Å². The maximum Gasteiger partial charge on any atom is 0.0104 e. The minimum absolute atomic E-state index is 1.10. The molecule has 0 unspecified atom stereocenters. The Morgan fingerprint density at radius 1 is 1.42 bits per heavy atom. The molecular weight excluding hydrogens is 148 g/mol. The summed E-state index contributed by atoms with van der Waals surface area (Å²) in [5.41, 5.74) is 0. The van der Waals surface area contributed by atoms with E-state index in [4.69, 9.17) is 0 Å². The molecular formula is C10H22N2. The highest BCUT2D eigenvalue weighted by Crippen LogP contribution is 1.85. The minimum Gasteiger partial charge on any atom is -0.315 e. The number of nitrogens with one attached hydrogen (secondary N) is 1. The third-order valence-electron chi connectivity index (χ3n) is 1.97. The summed E-state index contributed by atoms with van der Waals surface area (Å²) in [5, 5.41) is 3.40. The molecule has 0 atom stereocenters. The second kappa shape index (κ2) is 8.75. The normalized spacial score (nSPS) is 10.6. The average molecular weight is 170 g/mol. The van der Waals surface area contributed by atoms with E-state index in [1.165, 1.54) is 6.42 Å². The Labute approximate surface area is 76.6 Å². The van der Waals surface area contributed by atoms with Crippen molar-refractivity contribution in [3.05, 3.63) is 12.7 Å². The number of nitrogens with zero attached hydrogens (tertiary/aromatic N) is 1. The molecule has 0 radical (unpaired) electrons. The smallest absolute Gasteiger partial charge is 0.0104 e.